The Hall–Kier alpha value is -1.69. The zero-order valence-electron chi connectivity index (χ0n) is 19.4. The van der Waals surface area contributed by atoms with Crippen molar-refractivity contribution in [3.05, 3.63) is 24.3 Å². The van der Waals surface area contributed by atoms with Crippen LogP contribution in [-0.4, -0.2) is 34.6 Å². The molecule has 31 heavy (non-hydrogen) atoms. The van der Waals surface area contributed by atoms with Crippen LogP contribution in [0.2, 0.25) is 0 Å². The summed E-state index contributed by atoms with van der Waals surface area (Å²) in [7, 11) is 0. The van der Waals surface area contributed by atoms with Crippen molar-refractivity contribution in [1.29, 1.82) is 0 Å². The molecule has 0 aliphatic heterocycles. The number of carbonyl (C=O) groups is 2. The third-order valence-corrected chi connectivity index (χ3v) is 6.66. The Labute approximate surface area is 192 Å². The average Bonchev–Trinajstić information content (AvgIpc) is 2.75. The highest BCUT2D eigenvalue weighted by molar-refractivity contribution is 7.99. The molecule has 1 unspecified atom stereocenters. The number of para-hydroxylation sites is 2. The molecular weight excluding hydrogens is 410 g/mol. The first-order chi connectivity index (χ1) is 15.0. The molecule has 0 bridgehead atoms. The van der Waals surface area contributed by atoms with Crippen LogP contribution in [0.4, 0.5) is 5.69 Å². The van der Waals surface area contributed by atoms with E-state index in [-0.39, 0.29) is 12.3 Å². The first-order valence-electron chi connectivity index (χ1n) is 11.9. The van der Waals surface area contributed by atoms with Gasteiger partial charge in [0.2, 0.25) is 5.91 Å². The summed E-state index contributed by atoms with van der Waals surface area (Å²) in [6.45, 7) is 5.06. The van der Waals surface area contributed by atoms with Crippen molar-refractivity contribution in [3.63, 3.8) is 0 Å². The van der Waals surface area contributed by atoms with E-state index in [9.17, 15) is 9.59 Å². The summed E-state index contributed by atoms with van der Waals surface area (Å²) in [6, 6.07) is 7.48. The Morgan fingerprint density at radius 1 is 0.968 bits per heavy atom. The molecule has 0 saturated heterocycles. The number of ether oxygens (including phenoxy) is 1. The van der Waals surface area contributed by atoms with Gasteiger partial charge < -0.3 is 15.2 Å². The number of carbonyl (C=O) groups excluding carboxylic acids is 1. The van der Waals surface area contributed by atoms with Crippen LogP contribution in [0.1, 0.15) is 90.9 Å². The lowest BCUT2D eigenvalue weighted by atomic mass is 10.1. The Kier molecular flexibility index (Phi) is 15.8. The topological polar surface area (TPSA) is 75.6 Å². The van der Waals surface area contributed by atoms with E-state index in [1.165, 1.54) is 37.9 Å². The van der Waals surface area contributed by atoms with Crippen molar-refractivity contribution in [3.8, 4) is 5.75 Å². The number of unbranched alkanes of at least 4 members (excludes halogenated alkanes) is 7. The van der Waals surface area contributed by atoms with E-state index in [1.54, 1.807) is 0 Å². The summed E-state index contributed by atoms with van der Waals surface area (Å²) >= 11 is 2.08. The second-order valence-electron chi connectivity index (χ2n) is 8.06. The fourth-order valence-electron chi connectivity index (χ4n) is 3.14. The van der Waals surface area contributed by atoms with Crippen LogP contribution in [0.5, 0.6) is 5.75 Å². The number of carboxylic acids is 1. The smallest absolute Gasteiger partial charge is 0.303 e. The number of nitrogens with one attached hydrogen (secondary N) is 1. The Morgan fingerprint density at radius 2 is 1.61 bits per heavy atom. The normalized spacial score (nSPS) is 11.8. The lowest BCUT2D eigenvalue weighted by Crippen LogP contribution is -2.12. The van der Waals surface area contributed by atoms with Crippen molar-refractivity contribution in [1.82, 2.24) is 0 Å². The third-order valence-electron chi connectivity index (χ3n) is 5.23. The highest BCUT2D eigenvalue weighted by Gasteiger charge is 2.08. The van der Waals surface area contributed by atoms with Crippen LogP contribution in [-0.2, 0) is 9.59 Å². The quantitative estimate of drug-likeness (QED) is 0.223. The average molecular weight is 452 g/mol. The molecule has 0 aliphatic carbocycles. The van der Waals surface area contributed by atoms with Gasteiger partial charge in [-0.2, -0.15) is 11.8 Å². The Bertz CT molecular complexity index is 623. The molecule has 0 heterocycles. The van der Waals surface area contributed by atoms with Gasteiger partial charge in [-0.1, -0.05) is 51.7 Å². The van der Waals surface area contributed by atoms with Crippen molar-refractivity contribution in [2.24, 2.45) is 0 Å². The molecule has 6 heteroatoms. The standard InChI is InChI=1S/C25H41NO4S/c1-3-21(2)31-20-14-7-5-4-6-9-17-24(27)26-22-15-11-12-16-23(22)30-19-13-8-10-18-25(28)29/h11-12,15-16,21H,3-10,13-14,17-20H2,1-2H3,(H,26,27)(H,28,29). The van der Waals surface area contributed by atoms with Crippen LogP contribution in [0, 0.1) is 0 Å². The number of hydrogen-bond donors (Lipinski definition) is 2. The maximum absolute atomic E-state index is 12.3. The van der Waals surface area contributed by atoms with Crippen molar-refractivity contribution in [2.75, 3.05) is 17.7 Å². The minimum absolute atomic E-state index is 0.0301. The van der Waals surface area contributed by atoms with Crippen molar-refractivity contribution in [2.45, 2.75) is 96.1 Å². The van der Waals surface area contributed by atoms with E-state index >= 15 is 0 Å². The van der Waals surface area contributed by atoms with Crippen LogP contribution >= 0.6 is 11.8 Å². The largest absolute Gasteiger partial charge is 0.491 e. The summed E-state index contributed by atoms with van der Waals surface area (Å²) in [5.74, 6) is 1.21. The van der Waals surface area contributed by atoms with E-state index in [0.717, 1.165) is 30.9 Å². The number of amides is 1. The number of anilines is 1. The second-order valence-corrected chi connectivity index (χ2v) is 9.60. The van der Waals surface area contributed by atoms with Gasteiger partial charge in [-0.25, -0.2) is 0 Å². The summed E-state index contributed by atoms with van der Waals surface area (Å²) in [6.07, 6.45) is 11.3. The molecule has 176 valence electrons. The second kappa shape index (κ2) is 17.9. The van der Waals surface area contributed by atoms with Crippen molar-refractivity contribution >= 4 is 29.3 Å². The SMILES string of the molecule is CCC(C)SCCCCCCCCC(=O)Nc1ccccc1OCCCCCC(=O)O. The van der Waals surface area contributed by atoms with Crippen molar-refractivity contribution < 1.29 is 19.4 Å². The van der Waals surface area contributed by atoms with Gasteiger partial charge in [0.05, 0.1) is 12.3 Å². The predicted molar refractivity (Wildman–Crippen MR) is 131 cm³/mol. The number of aliphatic carboxylic acids is 1. The van der Waals surface area contributed by atoms with Gasteiger partial charge in [0, 0.05) is 18.1 Å². The molecule has 1 amide bonds. The van der Waals surface area contributed by atoms with Gasteiger partial charge in [-0.3, -0.25) is 9.59 Å². The fourth-order valence-corrected chi connectivity index (χ4v) is 4.15. The number of hydrogen-bond acceptors (Lipinski definition) is 4. The van der Waals surface area contributed by atoms with Gasteiger partial charge in [0.15, 0.2) is 0 Å². The number of rotatable bonds is 19. The molecule has 0 aromatic heterocycles. The molecule has 5 nitrogen and oxygen atoms in total. The molecular formula is C25H41NO4S. The number of benzene rings is 1. The fraction of sp³-hybridized carbons (Fsp3) is 0.680. The molecule has 0 radical (unpaired) electrons. The van der Waals surface area contributed by atoms with Gasteiger partial charge in [-0.15, -0.1) is 0 Å². The van der Waals surface area contributed by atoms with Gasteiger partial charge >= 0.3 is 5.97 Å². The van der Waals surface area contributed by atoms with Gasteiger partial charge in [0.1, 0.15) is 5.75 Å². The van der Waals surface area contributed by atoms with E-state index in [4.69, 9.17) is 9.84 Å². The molecule has 1 aromatic rings. The van der Waals surface area contributed by atoms with E-state index in [2.05, 4.69) is 30.9 Å². The molecule has 0 spiro atoms. The molecule has 1 rings (SSSR count). The first kappa shape index (κ1) is 27.3. The van der Waals surface area contributed by atoms with Gasteiger partial charge in [0.25, 0.3) is 0 Å². The zero-order valence-corrected chi connectivity index (χ0v) is 20.2. The molecule has 1 aromatic carbocycles. The molecule has 0 fully saturated rings. The van der Waals surface area contributed by atoms with Crippen LogP contribution in [0.15, 0.2) is 24.3 Å². The molecule has 1 atom stereocenters. The lowest BCUT2D eigenvalue weighted by Gasteiger charge is -2.12. The van der Waals surface area contributed by atoms with Crippen LogP contribution < -0.4 is 10.1 Å². The predicted octanol–water partition coefficient (Wildman–Crippen LogP) is 6.91. The third kappa shape index (κ3) is 14.9. The lowest BCUT2D eigenvalue weighted by molar-refractivity contribution is -0.137. The maximum atomic E-state index is 12.3. The highest BCUT2D eigenvalue weighted by Crippen LogP contribution is 2.24. The first-order valence-corrected chi connectivity index (χ1v) is 12.9. The molecule has 2 N–H and O–H groups in total. The molecule has 0 aliphatic rings. The number of carboxylic acid groups (broad SMARTS) is 1. The van der Waals surface area contributed by atoms with Crippen LogP contribution in [0.25, 0.3) is 0 Å². The summed E-state index contributed by atoms with van der Waals surface area (Å²) < 4.78 is 5.79. The highest BCUT2D eigenvalue weighted by atomic mass is 32.2. The minimum atomic E-state index is -0.759. The summed E-state index contributed by atoms with van der Waals surface area (Å²) in [5.41, 5.74) is 0.705. The molecule has 0 saturated carbocycles. The Morgan fingerprint density at radius 3 is 2.35 bits per heavy atom. The summed E-state index contributed by atoms with van der Waals surface area (Å²) in [5, 5.41) is 12.4. The van der Waals surface area contributed by atoms with E-state index < -0.39 is 5.97 Å². The van der Waals surface area contributed by atoms with Crippen LogP contribution in [0.3, 0.4) is 0 Å². The summed E-state index contributed by atoms with van der Waals surface area (Å²) in [4.78, 5) is 22.8. The van der Waals surface area contributed by atoms with E-state index in [0.29, 0.717) is 30.9 Å². The number of thioether (sulfide) groups is 1. The van der Waals surface area contributed by atoms with Gasteiger partial charge in [-0.05, 0) is 56.4 Å². The zero-order chi connectivity index (χ0) is 22.7. The maximum Gasteiger partial charge on any atom is 0.303 e. The monoisotopic (exact) mass is 451 g/mol. The van der Waals surface area contributed by atoms with E-state index in [1.807, 2.05) is 24.3 Å². The minimum Gasteiger partial charge on any atom is -0.491 e. The Balaban J connectivity index is 2.14.